The molecule has 0 bridgehead atoms. The Labute approximate surface area is 194 Å². The number of benzene rings is 3. The number of nitriles is 1. The highest BCUT2D eigenvalue weighted by atomic mass is 79.9. The van der Waals surface area contributed by atoms with Crippen LogP contribution in [0.3, 0.4) is 0 Å². The van der Waals surface area contributed by atoms with Crippen LogP contribution in [0.1, 0.15) is 22.6 Å². The molecule has 3 aromatic rings. The van der Waals surface area contributed by atoms with Crippen molar-refractivity contribution in [1.82, 2.24) is 0 Å². The lowest BCUT2D eigenvalue weighted by molar-refractivity contribution is -0.136. The van der Waals surface area contributed by atoms with E-state index in [4.69, 9.17) is 19.9 Å². The van der Waals surface area contributed by atoms with E-state index in [-0.39, 0.29) is 12.5 Å². The van der Waals surface area contributed by atoms with Crippen molar-refractivity contribution in [3.8, 4) is 23.3 Å². The first-order valence-corrected chi connectivity index (χ1v) is 10.6. The third kappa shape index (κ3) is 4.46. The zero-order valence-electron chi connectivity index (χ0n) is 17.2. The Morgan fingerprint density at radius 2 is 1.97 bits per heavy atom. The standard InChI is InChI=1S/C25H19BrN2O4/c1-15-5-2-3-8-21(15)30-14-23(29)31-18-9-10-19-22(12-18)32-25(28)20(13-27)24(19)16-6-4-7-17(26)11-16/h2-12,24H,14,28H2,1H3. The second-order valence-electron chi connectivity index (χ2n) is 7.21. The number of hydrogen-bond donors (Lipinski definition) is 1. The summed E-state index contributed by atoms with van der Waals surface area (Å²) in [6.45, 7) is 1.67. The minimum Gasteiger partial charge on any atom is -0.482 e. The number of rotatable bonds is 5. The zero-order valence-corrected chi connectivity index (χ0v) is 18.8. The number of nitrogens with zero attached hydrogens (tertiary/aromatic N) is 1. The SMILES string of the molecule is Cc1ccccc1OCC(=O)Oc1ccc2c(c1)OC(N)=C(C#N)C2c1cccc(Br)c1. The van der Waals surface area contributed by atoms with Gasteiger partial charge in [-0.05, 0) is 42.3 Å². The van der Waals surface area contributed by atoms with Crippen LogP contribution in [0.2, 0.25) is 0 Å². The van der Waals surface area contributed by atoms with Crippen LogP contribution in [0, 0.1) is 18.3 Å². The van der Waals surface area contributed by atoms with Crippen LogP contribution in [0.25, 0.3) is 0 Å². The molecule has 4 rings (SSSR count). The highest BCUT2D eigenvalue weighted by molar-refractivity contribution is 9.10. The minimum absolute atomic E-state index is 0.0244. The van der Waals surface area contributed by atoms with Gasteiger partial charge in [-0.15, -0.1) is 0 Å². The minimum atomic E-state index is -0.547. The molecule has 0 aliphatic carbocycles. The van der Waals surface area contributed by atoms with Gasteiger partial charge in [0.05, 0.1) is 5.92 Å². The fourth-order valence-electron chi connectivity index (χ4n) is 3.54. The predicted molar refractivity (Wildman–Crippen MR) is 122 cm³/mol. The summed E-state index contributed by atoms with van der Waals surface area (Å²) in [7, 11) is 0. The van der Waals surface area contributed by atoms with Crippen LogP contribution in [0.15, 0.2) is 82.7 Å². The molecule has 1 aliphatic heterocycles. The van der Waals surface area contributed by atoms with E-state index in [0.29, 0.717) is 22.8 Å². The van der Waals surface area contributed by atoms with Gasteiger partial charge in [-0.1, -0.05) is 52.3 Å². The average Bonchev–Trinajstić information content (AvgIpc) is 2.77. The number of allylic oxidation sites excluding steroid dienone is 1. The number of nitrogens with two attached hydrogens (primary N) is 1. The summed E-state index contributed by atoms with van der Waals surface area (Å²) in [5, 5.41) is 9.67. The molecule has 0 aromatic heterocycles. The Kier molecular flexibility index (Phi) is 6.15. The van der Waals surface area contributed by atoms with Gasteiger partial charge in [0.1, 0.15) is 28.9 Å². The van der Waals surface area contributed by atoms with Crippen LogP contribution in [-0.4, -0.2) is 12.6 Å². The molecule has 0 amide bonds. The second-order valence-corrected chi connectivity index (χ2v) is 8.12. The lowest BCUT2D eigenvalue weighted by atomic mass is 9.83. The molecule has 6 nitrogen and oxygen atoms in total. The number of para-hydroxylation sites is 1. The highest BCUT2D eigenvalue weighted by Crippen LogP contribution is 2.43. The lowest BCUT2D eigenvalue weighted by Crippen LogP contribution is -2.21. The van der Waals surface area contributed by atoms with Crippen molar-refractivity contribution < 1.29 is 19.0 Å². The Hall–Kier alpha value is -3.76. The summed E-state index contributed by atoms with van der Waals surface area (Å²) in [5.74, 6) is 0.428. The zero-order chi connectivity index (χ0) is 22.7. The Bertz CT molecular complexity index is 1260. The second kappa shape index (κ2) is 9.16. The number of carbonyl (C=O) groups is 1. The van der Waals surface area contributed by atoms with Crippen molar-refractivity contribution in [2.24, 2.45) is 5.73 Å². The summed E-state index contributed by atoms with van der Waals surface area (Å²) in [5.41, 5.74) is 8.94. The summed E-state index contributed by atoms with van der Waals surface area (Å²) in [6, 6.07) is 22.3. The number of fused-ring (bicyclic) bond motifs is 1. The molecule has 2 N–H and O–H groups in total. The van der Waals surface area contributed by atoms with Crippen molar-refractivity contribution in [2.45, 2.75) is 12.8 Å². The fourth-order valence-corrected chi connectivity index (χ4v) is 3.96. The maximum atomic E-state index is 12.3. The molecule has 0 spiro atoms. The van der Waals surface area contributed by atoms with Gasteiger partial charge in [0.15, 0.2) is 6.61 Å². The summed E-state index contributed by atoms with van der Waals surface area (Å²) < 4.78 is 17.5. The maximum absolute atomic E-state index is 12.3. The van der Waals surface area contributed by atoms with Gasteiger partial charge in [-0.25, -0.2) is 4.79 Å². The van der Waals surface area contributed by atoms with Crippen LogP contribution >= 0.6 is 15.9 Å². The lowest BCUT2D eigenvalue weighted by Gasteiger charge is -2.26. The van der Waals surface area contributed by atoms with Gasteiger partial charge < -0.3 is 19.9 Å². The smallest absolute Gasteiger partial charge is 0.349 e. The van der Waals surface area contributed by atoms with Gasteiger partial charge in [-0.3, -0.25) is 0 Å². The molecule has 0 saturated carbocycles. The maximum Gasteiger partial charge on any atom is 0.349 e. The highest BCUT2D eigenvalue weighted by Gasteiger charge is 2.31. The van der Waals surface area contributed by atoms with Crippen molar-refractivity contribution >= 4 is 21.9 Å². The molecular formula is C25H19BrN2O4. The van der Waals surface area contributed by atoms with Crippen LogP contribution < -0.4 is 19.9 Å². The van der Waals surface area contributed by atoms with Crippen molar-refractivity contribution in [2.75, 3.05) is 6.61 Å². The van der Waals surface area contributed by atoms with E-state index in [1.165, 1.54) is 0 Å². The number of ether oxygens (including phenoxy) is 3. The first-order valence-electron chi connectivity index (χ1n) is 9.82. The summed E-state index contributed by atoms with van der Waals surface area (Å²) in [4.78, 5) is 12.3. The van der Waals surface area contributed by atoms with E-state index in [0.717, 1.165) is 21.2 Å². The first kappa shape index (κ1) is 21.5. The molecule has 0 fully saturated rings. The number of esters is 1. The monoisotopic (exact) mass is 490 g/mol. The molecule has 1 heterocycles. The van der Waals surface area contributed by atoms with Crippen LogP contribution in [0.4, 0.5) is 0 Å². The van der Waals surface area contributed by atoms with Gasteiger partial charge in [0.25, 0.3) is 0 Å². The fraction of sp³-hybridized carbons (Fsp3) is 0.120. The molecule has 1 aliphatic rings. The topological polar surface area (TPSA) is 94.6 Å². The molecule has 7 heteroatoms. The molecular weight excluding hydrogens is 472 g/mol. The third-order valence-electron chi connectivity index (χ3n) is 5.04. The number of hydrogen-bond acceptors (Lipinski definition) is 6. The van der Waals surface area contributed by atoms with Gasteiger partial charge in [0, 0.05) is 16.1 Å². The summed E-state index contributed by atoms with van der Waals surface area (Å²) in [6.07, 6.45) is 0. The van der Waals surface area contributed by atoms with Crippen molar-refractivity contribution in [3.05, 3.63) is 99.3 Å². The van der Waals surface area contributed by atoms with Gasteiger partial charge in [-0.2, -0.15) is 5.26 Å². The van der Waals surface area contributed by atoms with Gasteiger partial charge in [0.2, 0.25) is 5.88 Å². The van der Waals surface area contributed by atoms with E-state index >= 15 is 0 Å². The molecule has 0 saturated heterocycles. The normalized spacial score (nSPS) is 14.7. The molecule has 1 atom stereocenters. The van der Waals surface area contributed by atoms with E-state index in [1.54, 1.807) is 24.3 Å². The molecule has 32 heavy (non-hydrogen) atoms. The predicted octanol–water partition coefficient (Wildman–Crippen LogP) is 4.96. The molecule has 160 valence electrons. The van der Waals surface area contributed by atoms with Gasteiger partial charge >= 0.3 is 5.97 Å². The number of aryl methyl sites for hydroxylation is 1. The van der Waals surface area contributed by atoms with E-state index in [1.807, 2.05) is 49.4 Å². The Morgan fingerprint density at radius 3 is 2.72 bits per heavy atom. The quantitative estimate of drug-likeness (QED) is 0.401. The van der Waals surface area contributed by atoms with Crippen LogP contribution in [0.5, 0.6) is 17.2 Å². The summed E-state index contributed by atoms with van der Waals surface area (Å²) >= 11 is 3.47. The van der Waals surface area contributed by atoms with Crippen LogP contribution in [-0.2, 0) is 4.79 Å². The number of halogens is 1. The van der Waals surface area contributed by atoms with Crippen molar-refractivity contribution in [1.29, 1.82) is 5.26 Å². The third-order valence-corrected chi connectivity index (χ3v) is 5.54. The Morgan fingerprint density at radius 1 is 1.16 bits per heavy atom. The van der Waals surface area contributed by atoms with E-state index < -0.39 is 11.9 Å². The van der Waals surface area contributed by atoms with E-state index in [9.17, 15) is 10.1 Å². The Balaban J connectivity index is 1.56. The van der Waals surface area contributed by atoms with E-state index in [2.05, 4.69) is 22.0 Å². The number of carbonyl (C=O) groups excluding carboxylic acids is 1. The first-order chi connectivity index (χ1) is 15.5. The largest absolute Gasteiger partial charge is 0.482 e. The average molecular weight is 491 g/mol. The molecule has 1 unspecified atom stereocenters. The molecule has 3 aromatic carbocycles. The molecule has 0 radical (unpaired) electrons. The van der Waals surface area contributed by atoms with Crippen molar-refractivity contribution in [3.63, 3.8) is 0 Å².